The summed E-state index contributed by atoms with van der Waals surface area (Å²) in [5.41, 5.74) is 1.20. The van der Waals surface area contributed by atoms with E-state index in [9.17, 15) is 0 Å². The molecule has 0 aromatic rings. The van der Waals surface area contributed by atoms with E-state index in [0.29, 0.717) is 5.92 Å². The Morgan fingerprint density at radius 1 is 1.69 bits per heavy atom. The van der Waals surface area contributed by atoms with Crippen molar-refractivity contribution in [2.45, 2.75) is 42.3 Å². The number of alkyl halides is 2. The number of halogens is 2. The summed E-state index contributed by atoms with van der Waals surface area (Å²) in [5.74, 6) is 0.448. The van der Waals surface area contributed by atoms with Crippen LogP contribution in [0.1, 0.15) is 26.7 Å². The van der Waals surface area contributed by atoms with Crippen molar-refractivity contribution in [3.63, 3.8) is 0 Å². The summed E-state index contributed by atoms with van der Waals surface area (Å²) in [5, 5.41) is 0.259. The van der Waals surface area contributed by atoms with Gasteiger partial charge in [-0.25, -0.2) is 0 Å². The molecule has 1 fully saturated rings. The lowest BCUT2D eigenvalue weighted by Crippen LogP contribution is -2.16. The fraction of sp³-hybridized carbons (Fsp3) is 0.800. The summed E-state index contributed by atoms with van der Waals surface area (Å²) in [6.07, 6.45) is 2.30. The van der Waals surface area contributed by atoms with E-state index in [1.807, 2.05) is 0 Å². The lowest BCUT2D eigenvalue weighted by molar-refractivity contribution is 0.0952. The highest BCUT2D eigenvalue weighted by molar-refractivity contribution is 14.1. The van der Waals surface area contributed by atoms with Crippen LogP contribution < -0.4 is 0 Å². The van der Waals surface area contributed by atoms with Gasteiger partial charge in [0.1, 0.15) is 4.11 Å². The molecule has 3 heteroatoms. The number of hydrogen-bond acceptors (Lipinski definition) is 1. The van der Waals surface area contributed by atoms with E-state index < -0.39 is 0 Å². The monoisotopic (exact) mass is 314 g/mol. The van der Waals surface area contributed by atoms with Crippen LogP contribution in [0.3, 0.4) is 0 Å². The minimum absolute atomic E-state index is 0.179. The van der Waals surface area contributed by atoms with Gasteiger partial charge in [0.05, 0.1) is 6.10 Å². The van der Waals surface area contributed by atoms with Crippen molar-refractivity contribution in [2.75, 3.05) is 0 Å². The van der Waals surface area contributed by atoms with Crippen molar-refractivity contribution in [2.24, 2.45) is 5.92 Å². The number of ether oxygens (including phenoxy) is 1. The molecular weight excluding hydrogens is 298 g/mol. The summed E-state index contributed by atoms with van der Waals surface area (Å²) in [6, 6.07) is 0. The van der Waals surface area contributed by atoms with Gasteiger partial charge in [0.15, 0.2) is 0 Å². The molecule has 1 nitrogen and oxygen atoms in total. The van der Waals surface area contributed by atoms with E-state index >= 15 is 0 Å². The molecule has 0 aromatic heterocycles. The van der Waals surface area contributed by atoms with Gasteiger partial charge in [0.2, 0.25) is 0 Å². The first-order valence-corrected chi connectivity index (χ1v) is 6.36. The van der Waals surface area contributed by atoms with Crippen LogP contribution in [0.15, 0.2) is 12.2 Å². The highest BCUT2D eigenvalue weighted by Gasteiger charge is 2.35. The summed E-state index contributed by atoms with van der Waals surface area (Å²) >= 11 is 8.41. The molecule has 0 saturated carbocycles. The number of rotatable bonds is 3. The molecule has 3 unspecified atom stereocenters. The zero-order chi connectivity index (χ0) is 10.0. The average Bonchev–Trinajstić information content (AvgIpc) is 2.32. The topological polar surface area (TPSA) is 9.23 Å². The molecule has 4 atom stereocenters. The van der Waals surface area contributed by atoms with Crippen molar-refractivity contribution in [3.8, 4) is 0 Å². The molecular formula is C10H16ClIO. The molecule has 1 aliphatic heterocycles. The molecule has 1 aliphatic rings. The van der Waals surface area contributed by atoms with Crippen LogP contribution >= 0.6 is 34.2 Å². The van der Waals surface area contributed by atoms with Gasteiger partial charge in [-0.1, -0.05) is 13.5 Å². The van der Waals surface area contributed by atoms with Crippen molar-refractivity contribution in [1.29, 1.82) is 0 Å². The van der Waals surface area contributed by atoms with Gasteiger partial charge in [-0.2, -0.15) is 0 Å². The quantitative estimate of drug-likeness (QED) is 0.438. The highest BCUT2D eigenvalue weighted by Crippen LogP contribution is 2.38. The predicted molar refractivity (Wildman–Crippen MR) is 65.5 cm³/mol. The van der Waals surface area contributed by atoms with Crippen LogP contribution in [0.5, 0.6) is 0 Å². The van der Waals surface area contributed by atoms with E-state index in [0.717, 1.165) is 12.8 Å². The smallest absolute Gasteiger partial charge is 0.130 e. The molecule has 13 heavy (non-hydrogen) atoms. The molecule has 0 aromatic carbocycles. The Kier molecular flexibility index (Phi) is 4.52. The molecule has 0 radical (unpaired) electrons. The van der Waals surface area contributed by atoms with Crippen LogP contribution in [0.2, 0.25) is 0 Å². The van der Waals surface area contributed by atoms with Crippen LogP contribution in [0, 0.1) is 5.92 Å². The Balaban J connectivity index is 2.53. The Labute approximate surface area is 99.0 Å². The largest absolute Gasteiger partial charge is 0.360 e. The molecule has 1 heterocycles. The Morgan fingerprint density at radius 2 is 2.31 bits per heavy atom. The first-order valence-electron chi connectivity index (χ1n) is 4.68. The highest BCUT2D eigenvalue weighted by atomic mass is 127. The van der Waals surface area contributed by atoms with Gasteiger partial charge < -0.3 is 4.74 Å². The third kappa shape index (κ3) is 2.83. The zero-order valence-electron chi connectivity index (χ0n) is 8.09. The van der Waals surface area contributed by atoms with Crippen molar-refractivity contribution >= 4 is 34.2 Å². The molecule has 0 amide bonds. The van der Waals surface area contributed by atoms with Crippen LogP contribution in [0.25, 0.3) is 0 Å². The average molecular weight is 315 g/mol. The van der Waals surface area contributed by atoms with Crippen LogP contribution in [-0.2, 0) is 4.74 Å². The van der Waals surface area contributed by atoms with Gasteiger partial charge in [-0.3, -0.25) is 0 Å². The van der Waals surface area contributed by atoms with E-state index in [-0.39, 0.29) is 15.6 Å². The molecule has 76 valence electrons. The van der Waals surface area contributed by atoms with E-state index in [4.69, 9.17) is 16.3 Å². The molecule has 0 spiro atoms. The Morgan fingerprint density at radius 3 is 2.69 bits per heavy atom. The van der Waals surface area contributed by atoms with Gasteiger partial charge >= 0.3 is 0 Å². The van der Waals surface area contributed by atoms with E-state index in [1.165, 1.54) is 5.57 Å². The second-order valence-corrected chi connectivity index (χ2v) is 5.33. The van der Waals surface area contributed by atoms with Crippen molar-refractivity contribution in [1.82, 2.24) is 0 Å². The Hall–Kier alpha value is 0.720. The second kappa shape index (κ2) is 4.99. The lowest BCUT2D eigenvalue weighted by atomic mass is 9.92. The van der Waals surface area contributed by atoms with Gasteiger partial charge in [-0.15, -0.1) is 11.6 Å². The molecule has 1 rings (SSSR count). The first kappa shape index (κ1) is 11.8. The van der Waals surface area contributed by atoms with Crippen LogP contribution in [-0.4, -0.2) is 15.6 Å². The maximum absolute atomic E-state index is 6.12. The normalized spacial score (nSPS) is 36.6. The van der Waals surface area contributed by atoms with Gasteiger partial charge in [0, 0.05) is 11.3 Å². The lowest BCUT2D eigenvalue weighted by Gasteiger charge is -2.17. The molecule has 0 N–H and O–H groups in total. The SMILES string of the molecule is C=C1C(I)OC(C)C1C[C@H](Cl)CC. The predicted octanol–water partition coefficient (Wildman–Crippen LogP) is 3.75. The Bertz CT molecular complexity index is 195. The summed E-state index contributed by atoms with van der Waals surface area (Å²) in [6.45, 7) is 8.28. The molecule has 0 bridgehead atoms. The summed E-state index contributed by atoms with van der Waals surface area (Å²) < 4.78 is 5.84. The molecule has 0 aliphatic carbocycles. The second-order valence-electron chi connectivity index (χ2n) is 3.58. The zero-order valence-corrected chi connectivity index (χ0v) is 11.0. The maximum Gasteiger partial charge on any atom is 0.130 e. The fourth-order valence-electron chi connectivity index (χ4n) is 1.63. The summed E-state index contributed by atoms with van der Waals surface area (Å²) in [7, 11) is 0. The minimum Gasteiger partial charge on any atom is -0.360 e. The van der Waals surface area contributed by atoms with E-state index in [2.05, 4.69) is 43.0 Å². The maximum atomic E-state index is 6.12. The first-order chi connectivity index (χ1) is 6.06. The summed E-state index contributed by atoms with van der Waals surface area (Å²) in [4.78, 5) is 0. The third-order valence-corrected chi connectivity index (χ3v) is 4.20. The number of hydrogen-bond donors (Lipinski definition) is 0. The van der Waals surface area contributed by atoms with Gasteiger partial charge in [0.25, 0.3) is 0 Å². The third-order valence-electron chi connectivity index (χ3n) is 2.62. The molecule has 1 saturated heterocycles. The van der Waals surface area contributed by atoms with Gasteiger partial charge in [-0.05, 0) is 47.9 Å². The standard InChI is InChI=1S/C10H16ClIO/c1-4-8(11)5-9-6(2)10(12)13-7(9)3/h7-10H,2,4-5H2,1,3H3/t7?,8-,9?,10?/m1/s1. The fourth-order valence-corrected chi connectivity index (χ4v) is 2.74. The van der Waals surface area contributed by atoms with E-state index in [1.54, 1.807) is 0 Å². The van der Waals surface area contributed by atoms with Crippen molar-refractivity contribution in [3.05, 3.63) is 12.2 Å². The van der Waals surface area contributed by atoms with Crippen molar-refractivity contribution < 1.29 is 4.74 Å². The van der Waals surface area contributed by atoms with Crippen LogP contribution in [0.4, 0.5) is 0 Å². The minimum atomic E-state index is 0.179.